The summed E-state index contributed by atoms with van der Waals surface area (Å²) in [6.45, 7) is 5.08. The highest BCUT2D eigenvalue weighted by molar-refractivity contribution is 7.91. The van der Waals surface area contributed by atoms with E-state index in [-0.39, 0.29) is 23.5 Å². The molecule has 0 aliphatic carbocycles. The van der Waals surface area contributed by atoms with Crippen LogP contribution >= 0.6 is 0 Å². The van der Waals surface area contributed by atoms with E-state index in [2.05, 4.69) is 0 Å². The van der Waals surface area contributed by atoms with E-state index in [1.807, 2.05) is 38.1 Å². The third-order valence-electron chi connectivity index (χ3n) is 4.96. The van der Waals surface area contributed by atoms with Crippen LogP contribution in [0, 0.1) is 6.92 Å². The van der Waals surface area contributed by atoms with E-state index in [0.717, 1.165) is 23.3 Å². The lowest BCUT2D eigenvalue weighted by Crippen LogP contribution is -2.40. The van der Waals surface area contributed by atoms with E-state index in [9.17, 15) is 13.2 Å². The molecule has 28 heavy (non-hydrogen) atoms. The number of hydrogen-bond donors (Lipinski definition) is 0. The first-order valence-corrected chi connectivity index (χ1v) is 11.5. The molecule has 3 rings (SSSR count). The first-order valence-electron chi connectivity index (χ1n) is 9.68. The second kappa shape index (κ2) is 8.78. The van der Waals surface area contributed by atoms with E-state index in [4.69, 9.17) is 4.74 Å². The molecule has 0 aromatic heterocycles. The summed E-state index contributed by atoms with van der Waals surface area (Å²) >= 11 is 0. The van der Waals surface area contributed by atoms with Crippen LogP contribution in [0.5, 0.6) is 5.75 Å². The van der Waals surface area contributed by atoms with E-state index in [0.29, 0.717) is 25.1 Å². The zero-order valence-electron chi connectivity index (χ0n) is 16.4. The Morgan fingerprint density at radius 2 is 1.79 bits per heavy atom. The van der Waals surface area contributed by atoms with Crippen molar-refractivity contribution in [3.05, 3.63) is 65.2 Å². The zero-order chi connectivity index (χ0) is 20.1. The van der Waals surface area contributed by atoms with Crippen LogP contribution in [0.1, 0.15) is 41.3 Å². The van der Waals surface area contributed by atoms with Gasteiger partial charge in [0.25, 0.3) is 5.91 Å². The number of sulfone groups is 1. The standard InChI is InChI=1S/C22H27NO4S/c1-3-13-27-21-10-8-19(9-11-21)22(24)23(20-12-14-28(25,26)16-20)15-18-6-4-17(2)5-7-18/h4-11,20H,3,12-16H2,1-2H3. The highest BCUT2D eigenvalue weighted by Crippen LogP contribution is 2.23. The fourth-order valence-electron chi connectivity index (χ4n) is 3.36. The van der Waals surface area contributed by atoms with E-state index in [1.165, 1.54) is 0 Å². The highest BCUT2D eigenvalue weighted by Gasteiger charge is 2.35. The van der Waals surface area contributed by atoms with Crippen LogP contribution in [0.15, 0.2) is 48.5 Å². The minimum absolute atomic E-state index is 0.0301. The molecule has 1 aliphatic heterocycles. The van der Waals surface area contributed by atoms with Gasteiger partial charge in [0.1, 0.15) is 5.75 Å². The van der Waals surface area contributed by atoms with Crippen LogP contribution in [0.25, 0.3) is 0 Å². The quantitative estimate of drug-likeness (QED) is 0.711. The van der Waals surface area contributed by atoms with Crippen molar-refractivity contribution >= 4 is 15.7 Å². The average molecular weight is 402 g/mol. The van der Waals surface area contributed by atoms with Gasteiger partial charge in [0.15, 0.2) is 9.84 Å². The predicted octanol–water partition coefficient (Wildman–Crippen LogP) is 3.61. The summed E-state index contributed by atoms with van der Waals surface area (Å²) in [7, 11) is -3.09. The number of carbonyl (C=O) groups excluding carboxylic acids is 1. The molecule has 2 aromatic rings. The van der Waals surface area contributed by atoms with Crippen molar-refractivity contribution in [1.29, 1.82) is 0 Å². The lowest BCUT2D eigenvalue weighted by Gasteiger charge is -2.28. The van der Waals surface area contributed by atoms with Crippen molar-refractivity contribution < 1.29 is 17.9 Å². The van der Waals surface area contributed by atoms with Gasteiger partial charge in [-0.3, -0.25) is 4.79 Å². The lowest BCUT2D eigenvalue weighted by molar-refractivity contribution is 0.0681. The van der Waals surface area contributed by atoms with Crippen molar-refractivity contribution in [2.45, 2.75) is 39.3 Å². The fraction of sp³-hybridized carbons (Fsp3) is 0.409. The Morgan fingerprint density at radius 3 is 2.36 bits per heavy atom. The van der Waals surface area contributed by atoms with Gasteiger partial charge in [0, 0.05) is 18.2 Å². The molecule has 150 valence electrons. The molecule has 0 N–H and O–H groups in total. The maximum Gasteiger partial charge on any atom is 0.254 e. The fourth-order valence-corrected chi connectivity index (χ4v) is 5.09. The van der Waals surface area contributed by atoms with Gasteiger partial charge in [-0.05, 0) is 49.6 Å². The van der Waals surface area contributed by atoms with Crippen molar-refractivity contribution in [3.63, 3.8) is 0 Å². The topological polar surface area (TPSA) is 63.7 Å². The van der Waals surface area contributed by atoms with Crippen molar-refractivity contribution in [2.75, 3.05) is 18.1 Å². The van der Waals surface area contributed by atoms with E-state index in [1.54, 1.807) is 29.2 Å². The summed E-state index contributed by atoms with van der Waals surface area (Å²) in [6.07, 6.45) is 1.40. The normalized spacial score (nSPS) is 18.0. The Morgan fingerprint density at radius 1 is 1.11 bits per heavy atom. The molecule has 1 aliphatic rings. The Kier molecular flexibility index (Phi) is 6.39. The van der Waals surface area contributed by atoms with Crippen molar-refractivity contribution in [3.8, 4) is 5.75 Å². The third kappa shape index (κ3) is 5.13. The summed E-state index contributed by atoms with van der Waals surface area (Å²) in [4.78, 5) is 14.9. The molecule has 5 nitrogen and oxygen atoms in total. The molecule has 1 atom stereocenters. The Balaban J connectivity index is 1.82. The molecule has 1 unspecified atom stereocenters. The molecule has 6 heteroatoms. The minimum atomic E-state index is -3.09. The predicted molar refractivity (Wildman–Crippen MR) is 110 cm³/mol. The first kappa shape index (κ1) is 20.4. The summed E-state index contributed by atoms with van der Waals surface area (Å²) in [5.41, 5.74) is 2.68. The van der Waals surface area contributed by atoms with Crippen LogP contribution in [-0.2, 0) is 16.4 Å². The van der Waals surface area contributed by atoms with Crippen LogP contribution in [0.3, 0.4) is 0 Å². The lowest BCUT2D eigenvalue weighted by atomic mass is 10.1. The summed E-state index contributed by atoms with van der Waals surface area (Å²) in [5, 5.41) is 0. The SMILES string of the molecule is CCCOc1ccc(C(=O)N(Cc2ccc(C)cc2)C2CCS(=O)(=O)C2)cc1. The molecule has 1 heterocycles. The van der Waals surface area contributed by atoms with Crippen LogP contribution in [0.2, 0.25) is 0 Å². The van der Waals surface area contributed by atoms with Gasteiger partial charge in [-0.2, -0.15) is 0 Å². The maximum absolute atomic E-state index is 13.2. The second-order valence-electron chi connectivity index (χ2n) is 7.35. The number of benzene rings is 2. The van der Waals surface area contributed by atoms with Crippen molar-refractivity contribution in [1.82, 2.24) is 4.90 Å². The van der Waals surface area contributed by atoms with Gasteiger partial charge in [-0.25, -0.2) is 8.42 Å². The number of rotatable bonds is 7. The van der Waals surface area contributed by atoms with Gasteiger partial charge in [0.05, 0.1) is 18.1 Å². The molecule has 1 fully saturated rings. The zero-order valence-corrected chi connectivity index (χ0v) is 17.2. The number of amides is 1. The molecule has 0 saturated carbocycles. The highest BCUT2D eigenvalue weighted by atomic mass is 32.2. The van der Waals surface area contributed by atoms with E-state index >= 15 is 0 Å². The third-order valence-corrected chi connectivity index (χ3v) is 6.71. The molecule has 0 bridgehead atoms. The van der Waals surface area contributed by atoms with Gasteiger partial charge < -0.3 is 9.64 Å². The average Bonchev–Trinajstić information content (AvgIpc) is 3.05. The molecule has 0 spiro atoms. The van der Waals surface area contributed by atoms with Gasteiger partial charge >= 0.3 is 0 Å². The molecular formula is C22H27NO4S. The monoisotopic (exact) mass is 401 g/mol. The second-order valence-corrected chi connectivity index (χ2v) is 9.58. The minimum Gasteiger partial charge on any atom is -0.494 e. The van der Waals surface area contributed by atoms with Gasteiger partial charge in [-0.1, -0.05) is 36.8 Å². The molecule has 0 radical (unpaired) electrons. The maximum atomic E-state index is 13.2. The van der Waals surface area contributed by atoms with Gasteiger partial charge in [0.2, 0.25) is 0 Å². The molecule has 1 amide bonds. The first-order chi connectivity index (χ1) is 13.4. The van der Waals surface area contributed by atoms with Gasteiger partial charge in [-0.15, -0.1) is 0 Å². The summed E-state index contributed by atoms with van der Waals surface area (Å²) in [6, 6.07) is 14.8. The summed E-state index contributed by atoms with van der Waals surface area (Å²) in [5.74, 6) is 0.748. The smallest absolute Gasteiger partial charge is 0.254 e. The number of carbonyl (C=O) groups is 1. The number of ether oxygens (including phenoxy) is 1. The molecule has 1 saturated heterocycles. The van der Waals surface area contributed by atoms with Crippen molar-refractivity contribution in [2.24, 2.45) is 0 Å². The molecular weight excluding hydrogens is 374 g/mol. The number of aryl methyl sites for hydroxylation is 1. The van der Waals surface area contributed by atoms with Crippen LogP contribution in [-0.4, -0.2) is 43.4 Å². The number of nitrogens with zero attached hydrogens (tertiary/aromatic N) is 1. The largest absolute Gasteiger partial charge is 0.494 e. The van der Waals surface area contributed by atoms with Crippen LogP contribution in [0.4, 0.5) is 0 Å². The summed E-state index contributed by atoms with van der Waals surface area (Å²) < 4.78 is 29.6. The van der Waals surface area contributed by atoms with E-state index < -0.39 is 9.84 Å². The number of hydrogen-bond acceptors (Lipinski definition) is 4. The Labute approximate surface area is 167 Å². The Hall–Kier alpha value is -2.34. The molecule has 2 aromatic carbocycles. The van der Waals surface area contributed by atoms with Crippen LogP contribution < -0.4 is 4.74 Å². The Bertz CT molecular complexity index is 905.